The highest BCUT2D eigenvalue weighted by Crippen LogP contribution is 2.23. The molecule has 0 aromatic rings. The monoisotopic (exact) mass is 769 g/mol. The van der Waals surface area contributed by atoms with Crippen LogP contribution in [0.2, 0.25) is 0 Å². The Morgan fingerprint density at radius 2 is 1.00 bits per heavy atom. The van der Waals surface area contributed by atoms with Crippen LogP contribution in [0, 0.1) is 0 Å². The predicted octanol–water partition coefficient (Wildman–Crippen LogP) is 8.65. The average molecular weight is 769 g/mol. The Morgan fingerprint density at radius 1 is 0.556 bits per heavy atom. The Labute approximate surface area is 326 Å². The van der Waals surface area contributed by atoms with Gasteiger partial charge in [-0.2, -0.15) is 0 Å². The summed E-state index contributed by atoms with van der Waals surface area (Å²) in [5.74, 6) is -2.46. The molecule has 6 atom stereocenters. The molecule has 0 spiro atoms. The van der Waals surface area contributed by atoms with Crippen LogP contribution in [0.15, 0.2) is 24.3 Å². The third-order valence-corrected chi connectivity index (χ3v) is 9.77. The van der Waals surface area contributed by atoms with Crippen molar-refractivity contribution in [2.45, 2.75) is 218 Å². The third kappa shape index (κ3) is 25.7. The smallest absolute Gasteiger partial charge is 0.335 e. The zero-order valence-electron chi connectivity index (χ0n) is 33.7. The summed E-state index contributed by atoms with van der Waals surface area (Å²) in [4.78, 5) is 36.7. The van der Waals surface area contributed by atoms with E-state index in [2.05, 4.69) is 38.2 Å². The van der Waals surface area contributed by atoms with E-state index in [-0.39, 0.29) is 19.4 Å². The van der Waals surface area contributed by atoms with Crippen LogP contribution in [0.1, 0.15) is 181 Å². The Morgan fingerprint density at radius 3 is 1.50 bits per heavy atom. The zero-order chi connectivity index (χ0) is 39.7. The lowest BCUT2D eigenvalue weighted by Crippen LogP contribution is -2.60. The fraction of sp³-hybridized carbons (Fsp3) is 0.837. The summed E-state index contributed by atoms with van der Waals surface area (Å²) in [7, 11) is 0. The molecule has 0 aromatic carbocycles. The third-order valence-electron chi connectivity index (χ3n) is 9.77. The highest BCUT2D eigenvalue weighted by molar-refractivity contribution is 5.73. The molecule has 11 nitrogen and oxygen atoms in total. The van der Waals surface area contributed by atoms with Crippen molar-refractivity contribution in [3.8, 4) is 0 Å². The predicted molar refractivity (Wildman–Crippen MR) is 211 cm³/mol. The number of carboxylic acids is 1. The summed E-state index contributed by atoms with van der Waals surface area (Å²) in [5, 5.41) is 39.7. The van der Waals surface area contributed by atoms with Gasteiger partial charge >= 0.3 is 17.9 Å². The van der Waals surface area contributed by atoms with E-state index in [1.807, 2.05) is 0 Å². The molecule has 1 saturated heterocycles. The van der Waals surface area contributed by atoms with Crippen LogP contribution in [0.3, 0.4) is 0 Å². The summed E-state index contributed by atoms with van der Waals surface area (Å²) >= 11 is 0. The van der Waals surface area contributed by atoms with Gasteiger partial charge in [0.15, 0.2) is 18.5 Å². The topological polar surface area (TPSA) is 169 Å². The Balaban J connectivity index is 2.37. The maximum atomic E-state index is 12.7. The average Bonchev–Trinajstić information content (AvgIpc) is 3.15. The minimum atomic E-state index is -1.86. The number of carbonyl (C=O) groups is 3. The van der Waals surface area contributed by atoms with Crippen LogP contribution in [0.5, 0.6) is 0 Å². The Bertz CT molecular complexity index is 1000. The van der Waals surface area contributed by atoms with Crippen molar-refractivity contribution in [2.24, 2.45) is 0 Å². The molecular weight excluding hydrogens is 692 g/mol. The lowest BCUT2D eigenvalue weighted by Gasteiger charge is -2.38. The van der Waals surface area contributed by atoms with E-state index in [4.69, 9.17) is 18.9 Å². The number of aliphatic carboxylic acids is 1. The van der Waals surface area contributed by atoms with Gasteiger partial charge in [-0.05, 0) is 57.8 Å². The molecule has 54 heavy (non-hydrogen) atoms. The van der Waals surface area contributed by atoms with Crippen LogP contribution in [-0.4, -0.2) is 88.4 Å². The van der Waals surface area contributed by atoms with Crippen LogP contribution < -0.4 is 0 Å². The first kappa shape index (κ1) is 49.7. The number of carbonyl (C=O) groups excluding carboxylic acids is 2. The lowest BCUT2D eigenvalue weighted by atomic mass is 9.99. The van der Waals surface area contributed by atoms with E-state index >= 15 is 0 Å². The zero-order valence-corrected chi connectivity index (χ0v) is 33.7. The van der Waals surface area contributed by atoms with Crippen molar-refractivity contribution in [1.82, 2.24) is 0 Å². The van der Waals surface area contributed by atoms with Gasteiger partial charge in [0, 0.05) is 12.8 Å². The molecule has 1 rings (SSSR count). The molecule has 1 aliphatic heterocycles. The number of esters is 2. The minimum Gasteiger partial charge on any atom is -0.479 e. The molecule has 314 valence electrons. The summed E-state index contributed by atoms with van der Waals surface area (Å²) in [6.07, 6.45) is 26.7. The van der Waals surface area contributed by atoms with Crippen molar-refractivity contribution >= 4 is 17.9 Å². The molecule has 0 bridgehead atoms. The number of aliphatic hydroxyl groups excluding tert-OH is 3. The summed E-state index contributed by atoms with van der Waals surface area (Å²) in [5.41, 5.74) is 0. The molecule has 0 amide bonds. The fourth-order valence-corrected chi connectivity index (χ4v) is 6.32. The molecule has 0 aliphatic carbocycles. The molecule has 0 aromatic heterocycles. The maximum absolute atomic E-state index is 12.7. The van der Waals surface area contributed by atoms with Gasteiger partial charge in [0.25, 0.3) is 0 Å². The molecule has 1 fully saturated rings. The lowest BCUT2D eigenvalue weighted by molar-refractivity contribution is -0.298. The van der Waals surface area contributed by atoms with E-state index in [0.717, 1.165) is 64.2 Å². The van der Waals surface area contributed by atoms with Crippen molar-refractivity contribution in [3.05, 3.63) is 24.3 Å². The van der Waals surface area contributed by atoms with Gasteiger partial charge in [0.2, 0.25) is 0 Å². The fourth-order valence-electron chi connectivity index (χ4n) is 6.32. The number of rotatable bonds is 35. The van der Waals surface area contributed by atoms with Gasteiger partial charge in [-0.3, -0.25) is 9.59 Å². The second kappa shape index (κ2) is 34.0. The summed E-state index contributed by atoms with van der Waals surface area (Å²) < 4.78 is 21.7. The van der Waals surface area contributed by atoms with E-state index in [1.165, 1.54) is 77.0 Å². The second-order valence-electron chi connectivity index (χ2n) is 14.8. The van der Waals surface area contributed by atoms with E-state index < -0.39 is 61.3 Å². The van der Waals surface area contributed by atoms with Gasteiger partial charge in [-0.15, -0.1) is 0 Å². The number of carboxylic acid groups (broad SMARTS) is 1. The molecular formula is C43H76O11. The van der Waals surface area contributed by atoms with Crippen LogP contribution in [-0.2, 0) is 33.3 Å². The molecule has 4 N–H and O–H groups in total. The molecule has 0 saturated carbocycles. The number of hydrogen-bond donors (Lipinski definition) is 4. The van der Waals surface area contributed by atoms with E-state index in [1.54, 1.807) is 0 Å². The van der Waals surface area contributed by atoms with Crippen LogP contribution in [0.25, 0.3) is 0 Å². The van der Waals surface area contributed by atoms with Crippen LogP contribution >= 0.6 is 0 Å². The van der Waals surface area contributed by atoms with Gasteiger partial charge in [0.05, 0.1) is 6.61 Å². The molecule has 1 heterocycles. The minimum absolute atomic E-state index is 0.172. The quantitative estimate of drug-likeness (QED) is 0.0277. The van der Waals surface area contributed by atoms with Gasteiger partial charge in [-0.1, -0.05) is 134 Å². The van der Waals surface area contributed by atoms with Gasteiger partial charge in [-0.25, -0.2) is 4.79 Å². The first-order valence-electron chi connectivity index (χ1n) is 21.4. The highest BCUT2D eigenvalue weighted by Gasteiger charge is 2.47. The van der Waals surface area contributed by atoms with Gasteiger partial charge < -0.3 is 39.4 Å². The molecule has 11 heteroatoms. The molecule has 1 aliphatic rings. The van der Waals surface area contributed by atoms with Crippen molar-refractivity contribution < 1.29 is 53.8 Å². The van der Waals surface area contributed by atoms with Crippen LogP contribution in [0.4, 0.5) is 0 Å². The highest BCUT2D eigenvalue weighted by atomic mass is 16.7. The first-order chi connectivity index (χ1) is 26.2. The number of unbranched alkanes of at least 4 members (excludes halogenated alkanes) is 20. The number of allylic oxidation sites excluding steroid dienone is 4. The van der Waals surface area contributed by atoms with Crippen molar-refractivity contribution in [3.63, 3.8) is 0 Å². The number of ether oxygens (including phenoxy) is 4. The first-order valence-corrected chi connectivity index (χ1v) is 21.4. The Kier molecular flexibility index (Phi) is 31.3. The van der Waals surface area contributed by atoms with Gasteiger partial charge in [0.1, 0.15) is 24.9 Å². The Hall–Kier alpha value is -2.31. The standard InChI is InChI=1S/C43H76O11/c1-3-5-7-9-11-13-15-16-17-18-19-20-22-23-25-27-29-31-36(44)51-33-35(34-52-43-40(48)38(46)39(47)41(54-43)42(49)50)53-37(45)32-30-28-26-24-21-14-12-10-8-6-4-2/h10,12,16-17,35,38-41,43,46-48H,3-9,11,13-15,18-34H2,1-2H3,(H,49,50)/b12-10-,17-16-. The van der Waals surface area contributed by atoms with E-state index in [0.29, 0.717) is 12.8 Å². The normalized spacial score (nSPS) is 20.8. The molecule has 0 radical (unpaired) electrons. The largest absolute Gasteiger partial charge is 0.479 e. The number of hydrogen-bond acceptors (Lipinski definition) is 10. The number of aliphatic hydroxyl groups is 3. The SMILES string of the molecule is CCCC/C=C\CCCCCCCC(=O)OC(COC(=O)CCCCCCCCC/C=C\CCCCCCCC)COC1OC(C(=O)O)C(O)C(O)C1O. The molecule has 6 unspecified atom stereocenters. The van der Waals surface area contributed by atoms with E-state index in [9.17, 15) is 34.8 Å². The maximum Gasteiger partial charge on any atom is 0.335 e. The van der Waals surface area contributed by atoms with Crippen molar-refractivity contribution in [2.75, 3.05) is 13.2 Å². The second-order valence-corrected chi connectivity index (χ2v) is 14.8. The summed E-state index contributed by atoms with van der Waals surface area (Å²) in [6.45, 7) is 3.75. The van der Waals surface area contributed by atoms with Crippen molar-refractivity contribution in [1.29, 1.82) is 0 Å². The summed E-state index contributed by atoms with van der Waals surface area (Å²) in [6, 6.07) is 0.